The Balaban J connectivity index is 0.00000200. The van der Waals surface area contributed by atoms with Crippen LogP contribution in [0.2, 0.25) is 0 Å². The first-order valence-electron chi connectivity index (χ1n) is 8.00. The summed E-state index contributed by atoms with van der Waals surface area (Å²) >= 11 is 0. The van der Waals surface area contributed by atoms with Gasteiger partial charge in [0.05, 0.1) is 6.04 Å². The van der Waals surface area contributed by atoms with Gasteiger partial charge in [-0.2, -0.15) is 0 Å². The molecule has 0 spiro atoms. The molecular weight excluding hydrogens is 272 g/mol. The molecule has 2 aliphatic heterocycles. The Morgan fingerprint density at radius 3 is 2.40 bits per heavy atom. The highest BCUT2D eigenvalue weighted by Gasteiger charge is 2.31. The van der Waals surface area contributed by atoms with Crippen molar-refractivity contribution in [3.63, 3.8) is 0 Å². The van der Waals surface area contributed by atoms with Crippen LogP contribution in [0.15, 0.2) is 0 Å². The van der Waals surface area contributed by atoms with Crippen LogP contribution in [0, 0.1) is 11.3 Å². The Morgan fingerprint density at radius 2 is 1.80 bits per heavy atom. The number of amides is 1. The third-order valence-electron chi connectivity index (χ3n) is 4.87. The van der Waals surface area contributed by atoms with Crippen molar-refractivity contribution in [2.24, 2.45) is 11.3 Å². The first-order chi connectivity index (χ1) is 8.98. The first-order valence-corrected chi connectivity index (χ1v) is 8.00. The zero-order valence-electron chi connectivity index (χ0n) is 13.3. The Kier molecular flexibility index (Phi) is 6.80. The van der Waals surface area contributed by atoms with Gasteiger partial charge in [0.25, 0.3) is 0 Å². The molecular formula is C16H31ClN2O. The first kappa shape index (κ1) is 17.8. The van der Waals surface area contributed by atoms with Crippen LogP contribution in [0.3, 0.4) is 0 Å². The molecule has 0 bridgehead atoms. The lowest BCUT2D eigenvalue weighted by Gasteiger charge is -2.31. The number of carbonyl (C=O) groups excluding carboxylic acids is 1. The summed E-state index contributed by atoms with van der Waals surface area (Å²) in [5.74, 6) is 1.11. The van der Waals surface area contributed by atoms with E-state index in [0.29, 0.717) is 11.3 Å². The number of hydrogen-bond donors (Lipinski definition) is 1. The number of likely N-dealkylation sites (tertiary alicyclic amines) is 1. The fraction of sp³-hybridized carbons (Fsp3) is 0.938. The molecule has 0 radical (unpaired) electrons. The molecule has 0 aromatic rings. The van der Waals surface area contributed by atoms with Crippen molar-refractivity contribution in [2.45, 2.75) is 65.3 Å². The molecule has 20 heavy (non-hydrogen) atoms. The van der Waals surface area contributed by atoms with Gasteiger partial charge >= 0.3 is 0 Å². The summed E-state index contributed by atoms with van der Waals surface area (Å²) in [5.41, 5.74) is 0.377. The molecule has 2 rings (SSSR count). The zero-order valence-corrected chi connectivity index (χ0v) is 14.1. The van der Waals surface area contributed by atoms with E-state index < -0.39 is 0 Å². The monoisotopic (exact) mass is 302 g/mol. The van der Waals surface area contributed by atoms with Crippen LogP contribution in [-0.2, 0) is 4.79 Å². The fourth-order valence-corrected chi connectivity index (χ4v) is 3.47. The smallest absolute Gasteiger partial charge is 0.239 e. The SMILES string of the molecule is CC(C)(C)C1CCCN(C(=O)C2CCCCN2)CC1.Cl. The van der Waals surface area contributed by atoms with Gasteiger partial charge in [0.1, 0.15) is 0 Å². The van der Waals surface area contributed by atoms with E-state index in [9.17, 15) is 4.79 Å². The second kappa shape index (κ2) is 7.65. The molecule has 2 unspecified atom stereocenters. The number of carbonyl (C=O) groups is 1. The van der Waals surface area contributed by atoms with Gasteiger partial charge < -0.3 is 10.2 Å². The van der Waals surface area contributed by atoms with Crippen molar-refractivity contribution in [1.29, 1.82) is 0 Å². The van der Waals surface area contributed by atoms with Gasteiger partial charge in [-0.25, -0.2) is 0 Å². The van der Waals surface area contributed by atoms with E-state index in [1.54, 1.807) is 0 Å². The fourth-order valence-electron chi connectivity index (χ4n) is 3.47. The molecule has 2 heterocycles. The number of hydrogen-bond acceptors (Lipinski definition) is 2. The second-order valence-corrected chi connectivity index (χ2v) is 7.32. The zero-order chi connectivity index (χ0) is 13.9. The lowest BCUT2D eigenvalue weighted by Crippen LogP contribution is -2.48. The summed E-state index contributed by atoms with van der Waals surface area (Å²) in [6.07, 6.45) is 7.05. The van der Waals surface area contributed by atoms with Crippen LogP contribution in [0.5, 0.6) is 0 Å². The summed E-state index contributed by atoms with van der Waals surface area (Å²) in [6, 6.07) is 0.0972. The second-order valence-electron chi connectivity index (χ2n) is 7.32. The molecule has 4 heteroatoms. The van der Waals surface area contributed by atoms with Gasteiger partial charge in [0.15, 0.2) is 0 Å². The Labute approximate surface area is 130 Å². The van der Waals surface area contributed by atoms with Gasteiger partial charge in [-0.3, -0.25) is 4.79 Å². The van der Waals surface area contributed by atoms with E-state index in [4.69, 9.17) is 0 Å². The lowest BCUT2D eigenvalue weighted by atomic mass is 9.77. The molecule has 1 N–H and O–H groups in total. The largest absolute Gasteiger partial charge is 0.341 e. The minimum absolute atomic E-state index is 0. The summed E-state index contributed by atoms with van der Waals surface area (Å²) in [5, 5.41) is 3.39. The average Bonchev–Trinajstić information content (AvgIpc) is 2.64. The van der Waals surface area contributed by atoms with Crippen molar-refractivity contribution in [3.05, 3.63) is 0 Å². The lowest BCUT2D eigenvalue weighted by molar-refractivity contribution is -0.134. The van der Waals surface area contributed by atoms with Crippen molar-refractivity contribution >= 4 is 18.3 Å². The van der Waals surface area contributed by atoms with E-state index in [1.165, 1.54) is 32.1 Å². The number of rotatable bonds is 1. The number of halogens is 1. The summed E-state index contributed by atoms with van der Waals surface area (Å²) in [6.45, 7) is 9.92. The van der Waals surface area contributed by atoms with Crippen LogP contribution in [0.4, 0.5) is 0 Å². The average molecular weight is 303 g/mol. The summed E-state index contributed by atoms with van der Waals surface area (Å²) in [7, 11) is 0. The van der Waals surface area contributed by atoms with Gasteiger partial charge in [0.2, 0.25) is 5.91 Å². The number of piperidine rings is 1. The van der Waals surface area contributed by atoms with E-state index in [-0.39, 0.29) is 18.4 Å². The minimum Gasteiger partial charge on any atom is -0.341 e. The Hall–Kier alpha value is -0.280. The quantitative estimate of drug-likeness (QED) is 0.806. The summed E-state index contributed by atoms with van der Waals surface area (Å²) in [4.78, 5) is 14.6. The molecule has 0 saturated carbocycles. The predicted molar refractivity (Wildman–Crippen MR) is 86.3 cm³/mol. The highest BCUT2D eigenvalue weighted by molar-refractivity contribution is 5.85. The topological polar surface area (TPSA) is 32.3 Å². The van der Waals surface area contributed by atoms with Gasteiger partial charge in [0, 0.05) is 13.1 Å². The predicted octanol–water partition coefficient (Wildman–Crippen LogP) is 3.23. The van der Waals surface area contributed by atoms with Crippen LogP contribution in [-0.4, -0.2) is 36.5 Å². The molecule has 2 saturated heterocycles. The maximum Gasteiger partial charge on any atom is 0.239 e. The van der Waals surface area contributed by atoms with Gasteiger partial charge in [-0.15, -0.1) is 12.4 Å². The van der Waals surface area contributed by atoms with E-state index in [0.717, 1.165) is 32.0 Å². The van der Waals surface area contributed by atoms with E-state index in [1.807, 2.05) is 0 Å². The standard InChI is InChI=1S/C16H30N2O.ClH/c1-16(2,3)13-7-6-11-18(12-9-13)15(19)14-8-4-5-10-17-14;/h13-14,17H,4-12H2,1-3H3;1H. The van der Waals surface area contributed by atoms with Crippen LogP contribution in [0.1, 0.15) is 59.3 Å². The summed E-state index contributed by atoms with van der Waals surface area (Å²) < 4.78 is 0. The molecule has 2 aliphatic rings. The highest BCUT2D eigenvalue weighted by atomic mass is 35.5. The Bertz CT molecular complexity index is 308. The minimum atomic E-state index is 0. The van der Waals surface area contributed by atoms with E-state index in [2.05, 4.69) is 31.0 Å². The van der Waals surface area contributed by atoms with Crippen LogP contribution < -0.4 is 5.32 Å². The molecule has 3 nitrogen and oxygen atoms in total. The van der Waals surface area contributed by atoms with Crippen molar-refractivity contribution in [1.82, 2.24) is 10.2 Å². The highest BCUT2D eigenvalue weighted by Crippen LogP contribution is 2.34. The molecule has 1 amide bonds. The normalized spacial score (nSPS) is 28.4. The molecule has 2 atom stereocenters. The number of nitrogens with zero attached hydrogens (tertiary/aromatic N) is 1. The van der Waals surface area contributed by atoms with Gasteiger partial charge in [-0.1, -0.05) is 27.2 Å². The molecule has 0 aromatic carbocycles. The molecule has 118 valence electrons. The van der Waals surface area contributed by atoms with Gasteiger partial charge in [-0.05, 0) is 50.0 Å². The maximum absolute atomic E-state index is 12.5. The molecule has 2 fully saturated rings. The van der Waals surface area contributed by atoms with E-state index >= 15 is 0 Å². The number of nitrogens with one attached hydrogen (secondary N) is 1. The molecule has 0 aliphatic carbocycles. The van der Waals surface area contributed by atoms with Crippen molar-refractivity contribution in [3.8, 4) is 0 Å². The van der Waals surface area contributed by atoms with Crippen LogP contribution >= 0.6 is 12.4 Å². The molecule has 0 aromatic heterocycles. The van der Waals surface area contributed by atoms with Crippen molar-refractivity contribution in [2.75, 3.05) is 19.6 Å². The third-order valence-corrected chi connectivity index (χ3v) is 4.87. The third kappa shape index (κ3) is 4.63. The van der Waals surface area contributed by atoms with Crippen LogP contribution in [0.25, 0.3) is 0 Å². The maximum atomic E-state index is 12.5. The Morgan fingerprint density at radius 1 is 1.05 bits per heavy atom. The van der Waals surface area contributed by atoms with Crippen molar-refractivity contribution < 1.29 is 4.79 Å².